The van der Waals surface area contributed by atoms with E-state index in [9.17, 15) is 18.0 Å². The van der Waals surface area contributed by atoms with Crippen LogP contribution in [0.4, 0.5) is 5.69 Å². The van der Waals surface area contributed by atoms with Crippen molar-refractivity contribution in [2.45, 2.75) is 24.2 Å². The summed E-state index contributed by atoms with van der Waals surface area (Å²) in [6, 6.07) is 10.9. The third kappa shape index (κ3) is 5.49. The zero-order valence-corrected chi connectivity index (χ0v) is 19.2. The van der Waals surface area contributed by atoms with Gasteiger partial charge in [0, 0.05) is 37.0 Å². The van der Waals surface area contributed by atoms with Crippen LogP contribution in [-0.2, 0) is 14.8 Å². The smallest absolute Gasteiger partial charge is 0.254 e. The summed E-state index contributed by atoms with van der Waals surface area (Å²) in [6.07, 6.45) is 7.93. The molecule has 1 aliphatic rings. The number of benzene rings is 2. The Hall–Kier alpha value is -2.86. The summed E-state index contributed by atoms with van der Waals surface area (Å²) in [5.41, 5.74) is 1.28. The Morgan fingerprint density at radius 2 is 1.88 bits per heavy atom. The highest BCUT2D eigenvalue weighted by atomic mass is 35.5. The molecule has 2 amide bonds. The predicted octanol–water partition coefficient (Wildman–Crippen LogP) is 3.21. The van der Waals surface area contributed by atoms with E-state index in [1.807, 2.05) is 0 Å². The third-order valence-corrected chi connectivity index (χ3v) is 7.53. The third-order valence-electron chi connectivity index (χ3n) is 5.15. The second kappa shape index (κ2) is 10.2. The fraction of sp³-hybridized carbons (Fsp3) is 0.304. The summed E-state index contributed by atoms with van der Waals surface area (Å²) in [5, 5.41) is 2.75. The zero-order valence-electron chi connectivity index (χ0n) is 17.7. The van der Waals surface area contributed by atoms with Gasteiger partial charge in [0.2, 0.25) is 15.9 Å². The number of nitrogens with one attached hydrogen (secondary N) is 1. The summed E-state index contributed by atoms with van der Waals surface area (Å²) in [6.45, 7) is 0.630. The van der Waals surface area contributed by atoms with E-state index in [1.54, 1.807) is 24.3 Å². The molecule has 1 N–H and O–H groups in total. The number of carbonyl (C=O) groups excluding carboxylic acids is 2. The molecule has 9 heteroatoms. The van der Waals surface area contributed by atoms with Gasteiger partial charge in [0.05, 0.1) is 11.6 Å². The lowest BCUT2D eigenvalue weighted by molar-refractivity contribution is -0.116. The van der Waals surface area contributed by atoms with Crippen LogP contribution in [-0.4, -0.2) is 56.1 Å². The number of amides is 2. The fourth-order valence-corrected chi connectivity index (χ4v) is 5.49. The normalized spacial score (nSPS) is 14.4. The van der Waals surface area contributed by atoms with Crippen molar-refractivity contribution in [2.24, 2.45) is 0 Å². The molecule has 0 radical (unpaired) electrons. The van der Waals surface area contributed by atoms with Crippen molar-refractivity contribution < 1.29 is 18.0 Å². The molecule has 1 aliphatic heterocycles. The van der Waals surface area contributed by atoms with Gasteiger partial charge in [0.25, 0.3) is 5.91 Å². The Kier molecular flexibility index (Phi) is 7.56. The first-order valence-electron chi connectivity index (χ1n) is 10.1. The lowest BCUT2D eigenvalue weighted by atomic mass is 10.2. The van der Waals surface area contributed by atoms with Crippen LogP contribution < -0.4 is 5.32 Å². The predicted molar refractivity (Wildman–Crippen MR) is 124 cm³/mol. The lowest BCUT2D eigenvalue weighted by Gasteiger charge is -2.26. The molecule has 0 unspecified atom stereocenters. The van der Waals surface area contributed by atoms with Gasteiger partial charge in [-0.3, -0.25) is 9.59 Å². The molecule has 0 atom stereocenters. The van der Waals surface area contributed by atoms with Crippen molar-refractivity contribution in [2.75, 3.05) is 32.0 Å². The summed E-state index contributed by atoms with van der Waals surface area (Å²) >= 11 is 6.17. The van der Waals surface area contributed by atoms with E-state index in [0.29, 0.717) is 24.3 Å². The van der Waals surface area contributed by atoms with Crippen LogP contribution in [0.1, 0.15) is 35.2 Å². The maximum Gasteiger partial charge on any atom is 0.254 e. The Balaban J connectivity index is 1.73. The molecule has 3 rings (SSSR count). The second-order valence-corrected chi connectivity index (χ2v) is 9.86. The molecule has 7 nitrogen and oxygen atoms in total. The lowest BCUT2D eigenvalue weighted by Crippen LogP contribution is -2.36. The first kappa shape index (κ1) is 23.8. The van der Waals surface area contributed by atoms with Gasteiger partial charge in [-0.25, -0.2) is 8.42 Å². The van der Waals surface area contributed by atoms with Gasteiger partial charge in [-0.2, -0.15) is 4.31 Å². The number of hydrogen-bond acceptors (Lipinski definition) is 4. The van der Waals surface area contributed by atoms with Gasteiger partial charge < -0.3 is 10.2 Å². The summed E-state index contributed by atoms with van der Waals surface area (Å²) in [5.74, 6) is 1.58. The molecular formula is C23H24ClN3O4S. The summed E-state index contributed by atoms with van der Waals surface area (Å²) in [4.78, 5) is 26.3. The number of sulfonamides is 1. The van der Waals surface area contributed by atoms with Crippen LogP contribution in [0.2, 0.25) is 5.02 Å². The molecule has 2 aromatic rings. The Morgan fingerprint density at radius 3 is 2.56 bits per heavy atom. The number of rotatable bonds is 6. The molecule has 0 spiro atoms. The van der Waals surface area contributed by atoms with Crippen molar-refractivity contribution >= 4 is 39.1 Å². The van der Waals surface area contributed by atoms with E-state index in [2.05, 4.69) is 11.2 Å². The average molecular weight is 474 g/mol. The van der Waals surface area contributed by atoms with E-state index in [1.165, 1.54) is 34.5 Å². The number of anilines is 1. The largest absolute Gasteiger partial charge is 0.332 e. The highest BCUT2D eigenvalue weighted by Gasteiger charge is 2.29. The second-order valence-electron chi connectivity index (χ2n) is 7.54. The van der Waals surface area contributed by atoms with Gasteiger partial charge in [-0.05, 0) is 49.2 Å². The van der Waals surface area contributed by atoms with E-state index < -0.39 is 21.8 Å². The molecular weight excluding hydrogens is 450 g/mol. The van der Waals surface area contributed by atoms with Crippen molar-refractivity contribution in [3.63, 3.8) is 0 Å². The first-order chi connectivity index (χ1) is 15.2. The molecule has 0 bridgehead atoms. The molecule has 1 fully saturated rings. The first-order valence-corrected chi connectivity index (χ1v) is 12.0. The minimum Gasteiger partial charge on any atom is -0.332 e. The summed E-state index contributed by atoms with van der Waals surface area (Å²) < 4.78 is 27.4. The van der Waals surface area contributed by atoms with Crippen LogP contribution >= 0.6 is 11.6 Å². The maximum atomic E-state index is 13.0. The zero-order chi connectivity index (χ0) is 23.3. The highest BCUT2D eigenvalue weighted by molar-refractivity contribution is 7.89. The number of likely N-dealkylation sites (N-methyl/N-ethyl adjacent to an activating group) is 1. The quantitative estimate of drug-likeness (QED) is 0.653. The van der Waals surface area contributed by atoms with E-state index in [-0.39, 0.29) is 22.0 Å². The SMILES string of the molecule is C#Cc1cccc(NC(=O)CN(C)C(=O)c2ccc(Cl)c(S(=O)(=O)N3CCCCC3)c2)c1. The molecule has 168 valence electrons. The molecule has 1 heterocycles. The van der Waals surface area contributed by atoms with Gasteiger partial charge in [-0.1, -0.05) is 30.0 Å². The van der Waals surface area contributed by atoms with Crippen LogP contribution in [0.15, 0.2) is 47.4 Å². The minimum absolute atomic E-state index is 0.0564. The molecule has 2 aromatic carbocycles. The van der Waals surface area contributed by atoms with Crippen LogP contribution in [0.5, 0.6) is 0 Å². The minimum atomic E-state index is -3.81. The monoisotopic (exact) mass is 473 g/mol. The maximum absolute atomic E-state index is 13.0. The van der Waals surface area contributed by atoms with Gasteiger partial charge in [0.1, 0.15) is 4.90 Å². The number of nitrogens with zero attached hydrogens (tertiary/aromatic N) is 2. The molecule has 0 aromatic heterocycles. The van der Waals surface area contributed by atoms with Crippen molar-refractivity contribution in [1.82, 2.24) is 9.21 Å². The topological polar surface area (TPSA) is 86.8 Å². The number of halogens is 1. The van der Waals surface area contributed by atoms with Gasteiger partial charge >= 0.3 is 0 Å². The van der Waals surface area contributed by atoms with Crippen molar-refractivity contribution in [3.8, 4) is 12.3 Å². The summed E-state index contributed by atoms with van der Waals surface area (Å²) in [7, 11) is -2.34. The Bertz CT molecular complexity index is 1170. The standard InChI is InChI=1S/C23H24ClN3O4S/c1-3-17-8-7-9-19(14-17)25-22(28)16-26(2)23(29)18-10-11-20(24)21(15-18)32(30,31)27-12-5-4-6-13-27/h1,7-11,14-15H,4-6,12-13,16H2,2H3,(H,25,28). The van der Waals surface area contributed by atoms with E-state index >= 15 is 0 Å². The average Bonchev–Trinajstić information content (AvgIpc) is 2.79. The Morgan fingerprint density at radius 1 is 1.16 bits per heavy atom. The van der Waals surface area contributed by atoms with Crippen LogP contribution in [0.25, 0.3) is 0 Å². The van der Waals surface area contributed by atoms with E-state index in [4.69, 9.17) is 18.0 Å². The van der Waals surface area contributed by atoms with Crippen molar-refractivity contribution in [3.05, 3.63) is 58.6 Å². The number of piperidine rings is 1. The molecule has 0 saturated carbocycles. The van der Waals surface area contributed by atoms with Gasteiger partial charge in [0.15, 0.2) is 0 Å². The van der Waals surface area contributed by atoms with Crippen LogP contribution in [0, 0.1) is 12.3 Å². The Labute approximate surface area is 193 Å². The number of terminal acetylenes is 1. The van der Waals surface area contributed by atoms with Crippen molar-refractivity contribution in [1.29, 1.82) is 0 Å². The highest BCUT2D eigenvalue weighted by Crippen LogP contribution is 2.28. The van der Waals surface area contributed by atoms with E-state index in [0.717, 1.165) is 19.3 Å². The number of carbonyl (C=O) groups is 2. The van der Waals surface area contributed by atoms with Crippen LogP contribution in [0.3, 0.4) is 0 Å². The molecule has 1 saturated heterocycles. The number of hydrogen-bond donors (Lipinski definition) is 1. The molecule has 0 aliphatic carbocycles. The fourth-order valence-electron chi connectivity index (χ4n) is 3.47. The van der Waals surface area contributed by atoms with Gasteiger partial charge in [-0.15, -0.1) is 6.42 Å². The molecule has 32 heavy (non-hydrogen) atoms.